The molecule has 1 aromatic heterocycles. The Morgan fingerprint density at radius 1 is 1.00 bits per heavy atom. The Kier molecular flexibility index (Phi) is 5.21. The molecule has 0 saturated carbocycles. The third-order valence-corrected chi connectivity index (χ3v) is 5.45. The Balaban J connectivity index is 1.40. The lowest BCUT2D eigenvalue weighted by Gasteiger charge is -2.42. The van der Waals surface area contributed by atoms with Crippen molar-refractivity contribution in [1.29, 1.82) is 0 Å². The van der Waals surface area contributed by atoms with Crippen molar-refractivity contribution in [3.63, 3.8) is 0 Å². The van der Waals surface area contributed by atoms with Gasteiger partial charge in [0.15, 0.2) is 11.5 Å². The van der Waals surface area contributed by atoms with Gasteiger partial charge in [0, 0.05) is 50.8 Å². The minimum atomic E-state index is -0.203. The maximum atomic E-state index is 13.1. The minimum absolute atomic E-state index is 0.132. The molecule has 1 aromatic carbocycles. The molecule has 1 atom stereocenters. The molecule has 2 amide bonds. The Hall–Kier alpha value is -3.00. The first-order valence-corrected chi connectivity index (χ1v) is 9.61. The Bertz CT molecular complexity index is 851. The number of hydrogen-bond donors (Lipinski definition) is 1. The standard InChI is InChI=1S/C20H24N6O2/c21-18-17(22-8-9-23-18)20(28)25-13-11-24(12-14-25)16-7-4-10-26(19(16)27)15-5-2-1-3-6-15/h1-3,5-6,8-9,16H,4,7,10-14H2,(H2,21,23). The lowest BCUT2D eigenvalue weighted by molar-refractivity contribution is -0.126. The van der Waals surface area contributed by atoms with Crippen molar-refractivity contribution in [2.75, 3.05) is 43.4 Å². The summed E-state index contributed by atoms with van der Waals surface area (Å²) < 4.78 is 0. The fourth-order valence-electron chi connectivity index (χ4n) is 3.96. The molecule has 2 saturated heterocycles. The number of rotatable bonds is 3. The van der Waals surface area contributed by atoms with E-state index in [1.807, 2.05) is 35.2 Å². The molecule has 3 heterocycles. The molecule has 1 unspecified atom stereocenters. The van der Waals surface area contributed by atoms with Crippen LogP contribution < -0.4 is 10.6 Å². The number of piperidine rings is 1. The first kappa shape index (κ1) is 18.4. The van der Waals surface area contributed by atoms with Crippen molar-refractivity contribution in [3.05, 3.63) is 48.4 Å². The number of aromatic nitrogens is 2. The molecule has 0 bridgehead atoms. The highest BCUT2D eigenvalue weighted by molar-refractivity contribution is 5.98. The summed E-state index contributed by atoms with van der Waals surface area (Å²) in [5.74, 6) is 0.0948. The van der Waals surface area contributed by atoms with E-state index in [9.17, 15) is 9.59 Å². The Morgan fingerprint density at radius 2 is 1.71 bits per heavy atom. The summed E-state index contributed by atoms with van der Waals surface area (Å²) in [6.07, 6.45) is 4.77. The van der Waals surface area contributed by atoms with E-state index >= 15 is 0 Å². The van der Waals surface area contributed by atoms with Crippen LogP contribution in [0.3, 0.4) is 0 Å². The molecule has 0 radical (unpaired) electrons. The second kappa shape index (κ2) is 7.93. The maximum absolute atomic E-state index is 13.1. The number of carbonyl (C=O) groups is 2. The van der Waals surface area contributed by atoms with Gasteiger partial charge >= 0.3 is 0 Å². The molecule has 4 rings (SSSR count). The smallest absolute Gasteiger partial charge is 0.276 e. The van der Waals surface area contributed by atoms with Gasteiger partial charge in [-0.25, -0.2) is 9.97 Å². The fourth-order valence-corrected chi connectivity index (χ4v) is 3.96. The number of anilines is 2. The zero-order valence-corrected chi connectivity index (χ0v) is 15.7. The minimum Gasteiger partial charge on any atom is -0.382 e. The number of para-hydroxylation sites is 1. The lowest BCUT2D eigenvalue weighted by Crippen LogP contribution is -2.58. The van der Waals surface area contributed by atoms with Gasteiger partial charge in [-0.3, -0.25) is 14.5 Å². The monoisotopic (exact) mass is 380 g/mol. The summed E-state index contributed by atoms with van der Waals surface area (Å²) in [4.78, 5) is 39.5. The van der Waals surface area contributed by atoms with Crippen molar-refractivity contribution in [1.82, 2.24) is 19.8 Å². The van der Waals surface area contributed by atoms with Crippen LogP contribution in [-0.2, 0) is 4.79 Å². The zero-order chi connectivity index (χ0) is 19.5. The highest BCUT2D eigenvalue weighted by Crippen LogP contribution is 2.24. The van der Waals surface area contributed by atoms with Gasteiger partial charge in [-0.1, -0.05) is 18.2 Å². The molecule has 2 aromatic rings. The number of amides is 2. The largest absolute Gasteiger partial charge is 0.382 e. The van der Waals surface area contributed by atoms with Crippen LogP contribution in [0, 0.1) is 0 Å². The quantitative estimate of drug-likeness (QED) is 0.854. The van der Waals surface area contributed by atoms with E-state index in [-0.39, 0.29) is 29.4 Å². The van der Waals surface area contributed by atoms with E-state index in [2.05, 4.69) is 14.9 Å². The van der Waals surface area contributed by atoms with Gasteiger partial charge in [-0.2, -0.15) is 0 Å². The van der Waals surface area contributed by atoms with Gasteiger partial charge in [-0.05, 0) is 25.0 Å². The number of hydrogen-bond acceptors (Lipinski definition) is 6. The predicted molar refractivity (Wildman–Crippen MR) is 106 cm³/mol. The van der Waals surface area contributed by atoms with Gasteiger partial charge < -0.3 is 15.5 Å². The second-order valence-corrected chi connectivity index (χ2v) is 7.10. The van der Waals surface area contributed by atoms with Gasteiger partial charge in [0.2, 0.25) is 5.91 Å². The number of piperazine rings is 1. The molecular weight excluding hydrogens is 356 g/mol. The molecule has 8 nitrogen and oxygen atoms in total. The normalized spacial score (nSPS) is 21.0. The summed E-state index contributed by atoms with van der Waals surface area (Å²) in [5, 5.41) is 0. The van der Waals surface area contributed by atoms with Crippen LogP contribution in [0.5, 0.6) is 0 Å². The number of nitrogens with zero attached hydrogens (tertiary/aromatic N) is 5. The SMILES string of the molecule is Nc1nccnc1C(=O)N1CCN(C2CCCN(c3ccccc3)C2=O)CC1. The van der Waals surface area contributed by atoms with Crippen molar-refractivity contribution < 1.29 is 9.59 Å². The van der Waals surface area contributed by atoms with Crippen LogP contribution in [0.4, 0.5) is 11.5 Å². The molecule has 0 aliphatic carbocycles. The zero-order valence-electron chi connectivity index (χ0n) is 15.7. The average Bonchev–Trinajstić information content (AvgIpc) is 2.75. The van der Waals surface area contributed by atoms with E-state index in [1.54, 1.807) is 4.90 Å². The molecule has 8 heteroatoms. The van der Waals surface area contributed by atoms with Crippen LogP contribution in [0.2, 0.25) is 0 Å². The van der Waals surface area contributed by atoms with Gasteiger partial charge in [-0.15, -0.1) is 0 Å². The van der Waals surface area contributed by atoms with E-state index in [0.29, 0.717) is 26.2 Å². The first-order valence-electron chi connectivity index (χ1n) is 9.61. The van der Waals surface area contributed by atoms with Crippen molar-refractivity contribution in [2.24, 2.45) is 0 Å². The van der Waals surface area contributed by atoms with Crippen LogP contribution in [-0.4, -0.2) is 70.3 Å². The summed E-state index contributed by atoms with van der Waals surface area (Å²) in [6.45, 7) is 3.16. The van der Waals surface area contributed by atoms with Crippen molar-refractivity contribution >= 4 is 23.3 Å². The molecule has 146 valence electrons. The summed E-state index contributed by atoms with van der Waals surface area (Å²) in [5.41, 5.74) is 6.92. The molecule has 2 fully saturated rings. The van der Waals surface area contributed by atoms with E-state index in [4.69, 9.17) is 5.73 Å². The number of nitrogen functional groups attached to an aromatic ring is 1. The molecule has 2 aliphatic heterocycles. The average molecular weight is 380 g/mol. The van der Waals surface area contributed by atoms with Crippen molar-refractivity contribution in [2.45, 2.75) is 18.9 Å². The summed E-state index contributed by atoms with van der Waals surface area (Å²) in [6, 6.07) is 9.68. The fraction of sp³-hybridized carbons (Fsp3) is 0.400. The Morgan fingerprint density at radius 3 is 2.43 bits per heavy atom. The highest BCUT2D eigenvalue weighted by Gasteiger charge is 2.36. The third-order valence-electron chi connectivity index (χ3n) is 5.45. The topological polar surface area (TPSA) is 95.7 Å². The van der Waals surface area contributed by atoms with Gasteiger partial charge in [0.05, 0.1) is 6.04 Å². The van der Waals surface area contributed by atoms with Crippen LogP contribution in [0.1, 0.15) is 23.3 Å². The van der Waals surface area contributed by atoms with Gasteiger partial charge in [0.1, 0.15) is 0 Å². The maximum Gasteiger partial charge on any atom is 0.276 e. The van der Waals surface area contributed by atoms with Crippen molar-refractivity contribution in [3.8, 4) is 0 Å². The van der Waals surface area contributed by atoms with Gasteiger partial charge in [0.25, 0.3) is 5.91 Å². The van der Waals surface area contributed by atoms with Crippen LogP contribution in [0.25, 0.3) is 0 Å². The molecule has 2 N–H and O–H groups in total. The molecule has 0 spiro atoms. The van der Waals surface area contributed by atoms with E-state index in [1.165, 1.54) is 12.4 Å². The number of carbonyl (C=O) groups excluding carboxylic acids is 2. The Labute approximate surface area is 164 Å². The lowest BCUT2D eigenvalue weighted by atomic mass is 10.0. The highest BCUT2D eigenvalue weighted by atomic mass is 16.2. The third kappa shape index (κ3) is 3.55. The molecule has 2 aliphatic rings. The van der Waals surface area contributed by atoms with E-state index in [0.717, 1.165) is 25.1 Å². The van der Waals surface area contributed by atoms with Crippen LogP contribution in [0.15, 0.2) is 42.7 Å². The molecule has 28 heavy (non-hydrogen) atoms. The van der Waals surface area contributed by atoms with Crippen LogP contribution >= 0.6 is 0 Å². The predicted octanol–water partition coefficient (Wildman–Crippen LogP) is 1.01. The van der Waals surface area contributed by atoms with E-state index < -0.39 is 0 Å². The summed E-state index contributed by atoms with van der Waals surface area (Å²) in [7, 11) is 0. The first-order chi connectivity index (χ1) is 13.6. The summed E-state index contributed by atoms with van der Waals surface area (Å²) >= 11 is 0. The number of nitrogens with two attached hydrogens (primary N) is 1. The second-order valence-electron chi connectivity index (χ2n) is 7.10. The molecular formula is C20H24N6O2. The number of benzene rings is 1.